The number of likely N-dealkylation sites (tertiary alicyclic amines) is 1. The van der Waals surface area contributed by atoms with Gasteiger partial charge >= 0.3 is 0 Å². The van der Waals surface area contributed by atoms with Gasteiger partial charge in [0.15, 0.2) is 5.82 Å². The number of rotatable bonds is 10. The Hall–Kier alpha value is -0.940. The van der Waals surface area contributed by atoms with Crippen molar-refractivity contribution in [3.05, 3.63) is 11.7 Å². The zero-order valence-electron chi connectivity index (χ0n) is 15.3. The van der Waals surface area contributed by atoms with E-state index in [2.05, 4.69) is 40.8 Å². The smallest absolute Gasteiger partial charge is 0.240 e. The van der Waals surface area contributed by atoms with Gasteiger partial charge in [0.1, 0.15) is 0 Å². The Labute approximate surface area is 141 Å². The first-order chi connectivity index (χ1) is 11.2. The maximum Gasteiger partial charge on any atom is 0.240 e. The molecule has 1 aromatic heterocycles. The van der Waals surface area contributed by atoms with Crippen LogP contribution in [0.15, 0.2) is 4.52 Å². The van der Waals surface area contributed by atoms with Gasteiger partial charge in [-0.15, -0.1) is 0 Å². The van der Waals surface area contributed by atoms with Crippen molar-refractivity contribution in [1.82, 2.24) is 19.9 Å². The van der Waals surface area contributed by atoms with E-state index in [0.29, 0.717) is 0 Å². The molecular weight excluding hydrogens is 288 g/mol. The molecule has 1 saturated heterocycles. The van der Waals surface area contributed by atoms with E-state index in [9.17, 15) is 0 Å². The Morgan fingerprint density at radius 1 is 1.17 bits per heavy atom. The number of aromatic nitrogens is 2. The van der Waals surface area contributed by atoms with E-state index in [1.165, 1.54) is 45.2 Å². The van der Waals surface area contributed by atoms with Crippen LogP contribution in [0.3, 0.4) is 0 Å². The Bertz CT molecular complexity index is 426. The highest BCUT2D eigenvalue weighted by atomic mass is 16.5. The Kier molecular flexibility index (Phi) is 8.03. The molecule has 0 N–H and O–H groups in total. The van der Waals surface area contributed by atoms with Gasteiger partial charge in [-0.05, 0) is 58.3 Å². The van der Waals surface area contributed by atoms with Crippen molar-refractivity contribution < 1.29 is 4.52 Å². The lowest BCUT2D eigenvalue weighted by Gasteiger charge is -2.33. The summed E-state index contributed by atoms with van der Waals surface area (Å²) in [6, 6.07) is 0. The molecule has 2 heterocycles. The van der Waals surface area contributed by atoms with Crippen LogP contribution in [0.2, 0.25) is 0 Å². The second kappa shape index (κ2) is 10.0. The van der Waals surface area contributed by atoms with Gasteiger partial charge in [-0.25, -0.2) is 0 Å². The van der Waals surface area contributed by atoms with Gasteiger partial charge in [-0.3, -0.25) is 4.90 Å². The summed E-state index contributed by atoms with van der Waals surface area (Å²) in [5, 5.41) is 4.08. The number of nitrogens with zero attached hydrogens (tertiary/aromatic N) is 4. The van der Waals surface area contributed by atoms with Crippen molar-refractivity contribution in [1.29, 1.82) is 0 Å². The van der Waals surface area contributed by atoms with Crippen LogP contribution >= 0.6 is 0 Å². The van der Waals surface area contributed by atoms with Crippen LogP contribution in [0.4, 0.5) is 0 Å². The second-order valence-electron chi connectivity index (χ2n) is 7.04. The Morgan fingerprint density at radius 2 is 1.91 bits per heavy atom. The molecular formula is C18H34N4O. The summed E-state index contributed by atoms with van der Waals surface area (Å²) in [5.74, 6) is 2.50. The molecule has 1 aliphatic rings. The Morgan fingerprint density at radius 3 is 2.61 bits per heavy atom. The normalized spacial score (nSPS) is 17.2. The first-order valence-electron chi connectivity index (χ1n) is 9.43. The van der Waals surface area contributed by atoms with Crippen LogP contribution in [-0.4, -0.2) is 53.2 Å². The van der Waals surface area contributed by atoms with E-state index in [1.54, 1.807) is 0 Å². The van der Waals surface area contributed by atoms with Crippen molar-refractivity contribution in [2.45, 2.75) is 65.3 Å². The molecule has 2 rings (SSSR count). The van der Waals surface area contributed by atoms with Crippen LogP contribution in [0, 0.1) is 5.92 Å². The lowest BCUT2D eigenvalue weighted by atomic mass is 9.96. The van der Waals surface area contributed by atoms with Gasteiger partial charge < -0.3 is 9.42 Å². The third-order valence-electron chi connectivity index (χ3n) is 4.79. The van der Waals surface area contributed by atoms with Crippen LogP contribution in [0.25, 0.3) is 0 Å². The minimum atomic E-state index is 0.787. The average Bonchev–Trinajstić information content (AvgIpc) is 3.00. The standard InChI is InChI=1S/C18H34N4O/c1-4-6-8-17-19-18(23-20-17)15-22-12-9-16(10-13-22)14-21(3)11-7-5-2/h16H,4-15H2,1-3H3. The van der Waals surface area contributed by atoms with Crippen molar-refractivity contribution >= 4 is 0 Å². The van der Waals surface area contributed by atoms with Crippen LogP contribution in [0.5, 0.6) is 0 Å². The molecule has 5 nitrogen and oxygen atoms in total. The summed E-state index contributed by atoms with van der Waals surface area (Å²) in [5.41, 5.74) is 0. The second-order valence-corrected chi connectivity index (χ2v) is 7.04. The number of aryl methyl sites for hydroxylation is 1. The summed E-state index contributed by atoms with van der Waals surface area (Å²) in [4.78, 5) is 9.48. The maximum atomic E-state index is 5.39. The van der Waals surface area contributed by atoms with Crippen LogP contribution in [0.1, 0.15) is 64.1 Å². The average molecular weight is 322 g/mol. The maximum absolute atomic E-state index is 5.39. The summed E-state index contributed by atoms with van der Waals surface area (Å²) >= 11 is 0. The molecule has 0 aliphatic carbocycles. The van der Waals surface area contributed by atoms with Gasteiger partial charge in [0.25, 0.3) is 0 Å². The highest BCUT2D eigenvalue weighted by Crippen LogP contribution is 2.19. The fourth-order valence-corrected chi connectivity index (χ4v) is 3.27. The van der Waals surface area contributed by atoms with E-state index < -0.39 is 0 Å². The van der Waals surface area contributed by atoms with Gasteiger partial charge in [-0.2, -0.15) is 4.98 Å². The van der Waals surface area contributed by atoms with Gasteiger partial charge in [0.05, 0.1) is 6.54 Å². The number of unbranched alkanes of at least 4 members (excludes halogenated alkanes) is 2. The molecule has 0 unspecified atom stereocenters. The summed E-state index contributed by atoms with van der Waals surface area (Å²) in [6.07, 6.45) is 8.41. The third kappa shape index (κ3) is 6.60. The first-order valence-corrected chi connectivity index (χ1v) is 9.43. The molecule has 1 fully saturated rings. The first kappa shape index (κ1) is 18.4. The number of hydrogen-bond donors (Lipinski definition) is 0. The quantitative estimate of drug-likeness (QED) is 0.661. The van der Waals surface area contributed by atoms with Gasteiger partial charge in [0.2, 0.25) is 5.89 Å². The van der Waals surface area contributed by atoms with Crippen molar-refractivity contribution in [3.63, 3.8) is 0 Å². The summed E-state index contributed by atoms with van der Waals surface area (Å²) < 4.78 is 5.39. The molecule has 23 heavy (non-hydrogen) atoms. The number of piperidine rings is 1. The third-order valence-corrected chi connectivity index (χ3v) is 4.79. The van der Waals surface area contributed by atoms with E-state index >= 15 is 0 Å². The minimum absolute atomic E-state index is 0.787. The van der Waals surface area contributed by atoms with E-state index in [0.717, 1.165) is 50.1 Å². The molecule has 0 amide bonds. The molecule has 0 spiro atoms. The van der Waals surface area contributed by atoms with Crippen molar-refractivity contribution in [2.24, 2.45) is 5.92 Å². The molecule has 5 heteroatoms. The zero-order valence-corrected chi connectivity index (χ0v) is 15.3. The predicted molar refractivity (Wildman–Crippen MR) is 93.3 cm³/mol. The lowest BCUT2D eigenvalue weighted by Crippen LogP contribution is -2.37. The molecule has 0 radical (unpaired) electrons. The zero-order chi connectivity index (χ0) is 16.5. The highest BCUT2D eigenvalue weighted by molar-refractivity contribution is 4.87. The molecule has 0 bridgehead atoms. The van der Waals surface area contributed by atoms with E-state index in [1.807, 2.05) is 0 Å². The summed E-state index contributed by atoms with van der Waals surface area (Å²) in [7, 11) is 2.26. The van der Waals surface area contributed by atoms with E-state index in [4.69, 9.17) is 4.52 Å². The molecule has 0 saturated carbocycles. The minimum Gasteiger partial charge on any atom is -0.338 e. The number of hydrogen-bond acceptors (Lipinski definition) is 5. The highest BCUT2D eigenvalue weighted by Gasteiger charge is 2.21. The van der Waals surface area contributed by atoms with Gasteiger partial charge in [-0.1, -0.05) is 31.8 Å². The predicted octanol–water partition coefficient (Wildman–Crippen LogP) is 3.36. The van der Waals surface area contributed by atoms with Crippen LogP contribution < -0.4 is 0 Å². The fraction of sp³-hybridized carbons (Fsp3) is 0.889. The van der Waals surface area contributed by atoms with E-state index in [-0.39, 0.29) is 0 Å². The fourth-order valence-electron chi connectivity index (χ4n) is 3.27. The monoisotopic (exact) mass is 322 g/mol. The van der Waals surface area contributed by atoms with Crippen molar-refractivity contribution in [2.75, 3.05) is 33.2 Å². The molecule has 1 aliphatic heterocycles. The topological polar surface area (TPSA) is 45.4 Å². The van der Waals surface area contributed by atoms with Crippen LogP contribution in [-0.2, 0) is 13.0 Å². The largest absolute Gasteiger partial charge is 0.338 e. The SMILES string of the molecule is CCCCc1noc(CN2CCC(CN(C)CCCC)CC2)n1. The molecule has 1 aromatic rings. The van der Waals surface area contributed by atoms with Crippen molar-refractivity contribution in [3.8, 4) is 0 Å². The Balaban J connectivity index is 1.67. The lowest BCUT2D eigenvalue weighted by molar-refractivity contribution is 0.137. The summed E-state index contributed by atoms with van der Waals surface area (Å²) in [6.45, 7) is 10.0. The molecule has 0 atom stereocenters. The molecule has 132 valence electrons. The molecule has 0 aromatic carbocycles. The van der Waals surface area contributed by atoms with Gasteiger partial charge in [0, 0.05) is 13.0 Å².